The molecule has 1 aliphatic heterocycles. The Labute approximate surface area is 134 Å². The number of halogens is 2. The average molecular weight is 327 g/mol. The smallest absolute Gasteiger partial charge is 0.282 e. The molecule has 0 aliphatic carbocycles. The molecule has 8 heteroatoms. The number of hydrazine groups is 1. The number of hydrogen-bond acceptors (Lipinski definition) is 6. The lowest BCUT2D eigenvalue weighted by atomic mass is 10.1. The normalized spacial score (nSPS) is 16.5. The van der Waals surface area contributed by atoms with Crippen LogP contribution < -0.4 is 16.5 Å². The van der Waals surface area contributed by atoms with Crippen molar-refractivity contribution in [2.75, 3.05) is 31.6 Å². The molecule has 0 saturated carbocycles. The number of hydrogen-bond donors (Lipinski definition) is 3. The Kier molecular flexibility index (Phi) is 5.73. The number of rotatable bonds is 5. The van der Waals surface area contributed by atoms with Crippen LogP contribution >= 0.6 is 0 Å². The highest BCUT2D eigenvalue weighted by molar-refractivity contribution is 5.65. The summed E-state index contributed by atoms with van der Waals surface area (Å²) in [5, 5.41) is 10.5. The van der Waals surface area contributed by atoms with E-state index >= 15 is 0 Å². The molecule has 0 atom stereocenters. The Balaban J connectivity index is 2.43. The van der Waals surface area contributed by atoms with Crippen LogP contribution in [0.15, 0.2) is 17.8 Å². The topological polar surface area (TPSA) is 91.6 Å². The van der Waals surface area contributed by atoms with E-state index in [1.165, 1.54) is 7.05 Å². The molecule has 5 N–H and O–H groups in total. The molecule has 1 aliphatic rings. The standard InChI is InChI=1S/C15H23F2N5O/c1-21(19)12(9-23)13(18)10-5-6-11(14(20-10)15(16)17)22-7-3-2-4-8-22/h5-6,15,23H,2-4,7-9,18-19H2,1H3/b13-12-. The van der Waals surface area contributed by atoms with E-state index in [9.17, 15) is 13.9 Å². The van der Waals surface area contributed by atoms with E-state index in [2.05, 4.69) is 4.98 Å². The van der Waals surface area contributed by atoms with Gasteiger partial charge in [-0.2, -0.15) is 0 Å². The summed E-state index contributed by atoms with van der Waals surface area (Å²) in [6.45, 7) is 1.09. The summed E-state index contributed by atoms with van der Waals surface area (Å²) in [6, 6.07) is 3.21. The fraction of sp³-hybridized carbons (Fsp3) is 0.533. The van der Waals surface area contributed by atoms with E-state index in [1.807, 2.05) is 4.90 Å². The van der Waals surface area contributed by atoms with Crippen molar-refractivity contribution in [1.82, 2.24) is 9.99 Å². The van der Waals surface area contributed by atoms with E-state index in [-0.39, 0.29) is 22.8 Å². The van der Waals surface area contributed by atoms with Gasteiger partial charge in [-0.15, -0.1) is 0 Å². The quantitative estimate of drug-likeness (QED) is 0.560. The van der Waals surface area contributed by atoms with E-state index in [1.54, 1.807) is 12.1 Å². The molecule has 1 saturated heterocycles. The number of piperidine rings is 1. The predicted octanol–water partition coefficient (Wildman–Crippen LogP) is 1.43. The highest BCUT2D eigenvalue weighted by atomic mass is 19.3. The van der Waals surface area contributed by atoms with E-state index in [0.29, 0.717) is 5.69 Å². The summed E-state index contributed by atoms with van der Waals surface area (Å²) < 4.78 is 26.9. The van der Waals surface area contributed by atoms with Crippen molar-refractivity contribution >= 4 is 11.4 Å². The van der Waals surface area contributed by atoms with Gasteiger partial charge in [0, 0.05) is 20.1 Å². The predicted molar refractivity (Wildman–Crippen MR) is 85.4 cm³/mol. The molecular formula is C15H23F2N5O. The Morgan fingerprint density at radius 2 is 2.00 bits per heavy atom. The van der Waals surface area contributed by atoms with Crippen LogP contribution in [0, 0.1) is 0 Å². The van der Waals surface area contributed by atoms with Crippen molar-refractivity contribution in [3.8, 4) is 0 Å². The molecule has 2 heterocycles. The fourth-order valence-electron chi connectivity index (χ4n) is 2.71. The molecule has 0 radical (unpaired) electrons. The van der Waals surface area contributed by atoms with E-state index in [4.69, 9.17) is 11.6 Å². The highest BCUT2D eigenvalue weighted by Gasteiger charge is 2.22. The molecule has 1 aromatic heterocycles. The number of nitrogens with zero attached hydrogens (tertiary/aromatic N) is 3. The summed E-state index contributed by atoms with van der Waals surface area (Å²) in [5.41, 5.74) is 6.58. The van der Waals surface area contributed by atoms with Gasteiger partial charge in [0.25, 0.3) is 6.43 Å². The lowest BCUT2D eigenvalue weighted by Gasteiger charge is -2.30. The summed E-state index contributed by atoms with van der Waals surface area (Å²) in [4.78, 5) is 5.96. The molecule has 0 amide bonds. The van der Waals surface area contributed by atoms with E-state index < -0.39 is 13.0 Å². The molecule has 0 spiro atoms. The lowest BCUT2D eigenvalue weighted by molar-refractivity contribution is 0.146. The molecule has 128 valence electrons. The number of anilines is 1. The zero-order valence-electron chi connectivity index (χ0n) is 13.2. The second-order valence-electron chi connectivity index (χ2n) is 5.58. The highest BCUT2D eigenvalue weighted by Crippen LogP contribution is 2.31. The van der Waals surface area contributed by atoms with E-state index in [0.717, 1.165) is 37.4 Å². The third-order valence-electron chi connectivity index (χ3n) is 3.97. The first-order valence-corrected chi connectivity index (χ1v) is 7.58. The summed E-state index contributed by atoms with van der Waals surface area (Å²) in [6.07, 6.45) is 0.385. The molecule has 1 fully saturated rings. The van der Waals surface area contributed by atoms with Gasteiger partial charge in [-0.05, 0) is 31.4 Å². The number of nitrogens with two attached hydrogens (primary N) is 2. The number of alkyl halides is 2. The second-order valence-corrected chi connectivity index (χ2v) is 5.58. The molecule has 23 heavy (non-hydrogen) atoms. The minimum Gasteiger partial charge on any atom is -0.395 e. The molecule has 6 nitrogen and oxygen atoms in total. The fourth-order valence-corrected chi connectivity index (χ4v) is 2.71. The first-order chi connectivity index (χ1) is 11.0. The van der Waals surface area contributed by atoms with Gasteiger partial charge in [-0.3, -0.25) is 0 Å². The first kappa shape index (κ1) is 17.4. The number of aliphatic hydroxyl groups excluding tert-OH is 1. The Bertz CT molecular complexity index is 571. The largest absolute Gasteiger partial charge is 0.395 e. The maximum absolute atomic E-state index is 13.4. The van der Waals surface area contributed by atoms with Crippen LogP contribution in [0.4, 0.5) is 14.5 Å². The van der Waals surface area contributed by atoms with Gasteiger partial charge < -0.3 is 20.7 Å². The monoisotopic (exact) mass is 327 g/mol. The van der Waals surface area contributed by atoms with Gasteiger partial charge in [0.05, 0.1) is 29.4 Å². The SMILES string of the molecule is CN(N)/C(CO)=C(\N)c1ccc(N2CCCCC2)c(C(F)F)n1. The van der Waals surface area contributed by atoms with Crippen molar-refractivity contribution in [3.63, 3.8) is 0 Å². The zero-order chi connectivity index (χ0) is 17.0. The van der Waals surface area contributed by atoms with Crippen LogP contribution in [0.3, 0.4) is 0 Å². The first-order valence-electron chi connectivity index (χ1n) is 7.58. The van der Waals surface area contributed by atoms with Gasteiger partial charge in [-0.1, -0.05) is 0 Å². The maximum Gasteiger partial charge on any atom is 0.282 e. The van der Waals surface area contributed by atoms with Crippen molar-refractivity contribution in [2.45, 2.75) is 25.7 Å². The van der Waals surface area contributed by atoms with Gasteiger partial charge in [0.1, 0.15) is 5.69 Å². The van der Waals surface area contributed by atoms with Crippen LogP contribution in [0.2, 0.25) is 0 Å². The molecule has 1 aromatic rings. The van der Waals surface area contributed by atoms with Crippen LogP contribution in [-0.2, 0) is 0 Å². The van der Waals surface area contributed by atoms with Gasteiger partial charge in [-0.25, -0.2) is 19.6 Å². The number of pyridine rings is 1. The number of aromatic nitrogens is 1. The Morgan fingerprint density at radius 1 is 1.35 bits per heavy atom. The van der Waals surface area contributed by atoms with Crippen LogP contribution in [0.25, 0.3) is 5.70 Å². The number of aliphatic hydroxyl groups is 1. The summed E-state index contributed by atoms with van der Waals surface area (Å²) in [5.74, 6) is 5.58. The van der Waals surface area contributed by atoms with Crippen molar-refractivity contribution in [1.29, 1.82) is 0 Å². The average Bonchev–Trinajstić information content (AvgIpc) is 2.55. The maximum atomic E-state index is 13.4. The molecule has 0 bridgehead atoms. The lowest BCUT2D eigenvalue weighted by Crippen LogP contribution is -2.31. The second kappa shape index (κ2) is 7.56. The van der Waals surface area contributed by atoms with Crippen LogP contribution in [-0.4, -0.2) is 41.8 Å². The summed E-state index contributed by atoms with van der Waals surface area (Å²) in [7, 11) is 1.51. The minimum absolute atomic E-state index is 0.0876. The zero-order valence-corrected chi connectivity index (χ0v) is 13.2. The Morgan fingerprint density at radius 3 is 2.52 bits per heavy atom. The van der Waals surface area contributed by atoms with Gasteiger partial charge in [0.2, 0.25) is 0 Å². The molecule has 0 unspecified atom stereocenters. The third kappa shape index (κ3) is 3.89. The van der Waals surface area contributed by atoms with Crippen molar-refractivity contribution in [3.05, 3.63) is 29.2 Å². The van der Waals surface area contributed by atoms with Crippen LogP contribution in [0.1, 0.15) is 37.1 Å². The van der Waals surface area contributed by atoms with Crippen LogP contribution in [0.5, 0.6) is 0 Å². The Hall–Kier alpha value is -1.93. The third-order valence-corrected chi connectivity index (χ3v) is 3.97. The molecule has 2 rings (SSSR count). The molecule has 0 aromatic carbocycles. The van der Waals surface area contributed by atoms with Gasteiger partial charge in [0.15, 0.2) is 0 Å². The number of likely N-dealkylation sites (N-methyl/N-ethyl adjacent to an activating group) is 1. The molecular weight excluding hydrogens is 304 g/mol. The minimum atomic E-state index is -2.70. The van der Waals surface area contributed by atoms with Crippen molar-refractivity contribution in [2.24, 2.45) is 11.6 Å². The van der Waals surface area contributed by atoms with Crippen molar-refractivity contribution < 1.29 is 13.9 Å². The summed E-state index contributed by atoms with van der Waals surface area (Å²) >= 11 is 0. The van der Waals surface area contributed by atoms with Gasteiger partial charge >= 0.3 is 0 Å².